The number of nitrogens with zero attached hydrogens (tertiary/aromatic N) is 2. The molecule has 1 amide bonds. The molecule has 0 aromatic carbocycles. The number of nitrogens with one attached hydrogen (secondary N) is 1. The second kappa shape index (κ2) is 8.49. The molecule has 0 spiro atoms. The van der Waals surface area contributed by atoms with Crippen molar-refractivity contribution in [1.82, 2.24) is 14.6 Å². The van der Waals surface area contributed by atoms with Gasteiger partial charge in [0.15, 0.2) is 5.78 Å². The highest BCUT2D eigenvalue weighted by atomic mass is 16.1. The lowest BCUT2D eigenvalue weighted by Crippen LogP contribution is -2.26. The normalized spacial score (nSPS) is 14.0. The van der Waals surface area contributed by atoms with Crippen LogP contribution in [0.25, 0.3) is 5.52 Å². The molecular weight excluding hydrogens is 326 g/mol. The molecule has 3 rings (SSSR count). The van der Waals surface area contributed by atoms with Crippen LogP contribution < -0.4 is 5.32 Å². The first-order valence-corrected chi connectivity index (χ1v) is 9.63. The third kappa shape index (κ3) is 4.15. The molecule has 2 aromatic heterocycles. The number of rotatable bonds is 8. The maximum absolute atomic E-state index is 12.4. The fraction of sp³-hybridized carbons (Fsp3) is 0.524. The number of carbonyl (C=O) groups excluding carboxylic acids is 2. The molecule has 2 heterocycles. The van der Waals surface area contributed by atoms with E-state index >= 15 is 0 Å². The fourth-order valence-electron chi connectivity index (χ4n) is 3.85. The number of Topliss-reactive ketones (excluding diaryl/α,β-unsaturated/α-hetero) is 1. The van der Waals surface area contributed by atoms with Gasteiger partial charge in [-0.15, -0.1) is 0 Å². The van der Waals surface area contributed by atoms with E-state index in [1.165, 1.54) is 11.1 Å². The number of amides is 1. The van der Waals surface area contributed by atoms with Gasteiger partial charge in [0.2, 0.25) is 5.91 Å². The van der Waals surface area contributed by atoms with Crippen LogP contribution in [0.4, 0.5) is 0 Å². The van der Waals surface area contributed by atoms with E-state index in [1.807, 2.05) is 36.8 Å². The summed E-state index contributed by atoms with van der Waals surface area (Å²) in [6.45, 7) is 1.64. The van der Waals surface area contributed by atoms with Crippen LogP contribution in [0.15, 0.2) is 24.4 Å². The van der Waals surface area contributed by atoms with E-state index in [0.717, 1.165) is 49.9 Å². The number of ketones is 1. The molecule has 2 aromatic rings. The Morgan fingerprint density at radius 2 is 2.08 bits per heavy atom. The highest BCUT2D eigenvalue weighted by Crippen LogP contribution is 2.30. The number of hydrogen-bond acceptors (Lipinski definition) is 3. The molecule has 0 bridgehead atoms. The van der Waals surface area contributed by atoms with Crippen LogP contribution in [0.5, 0.6) is 0 Å². The zero-order chi connectivity index (χ0) is 18.5. The number of pyridine rings is 1. The summed E-state index contributed by atoms with van der Waals surface area (Å²) in [5.41, 5.74) is 4.37. The molecule has 26 heavy (non-hydrogen) atoms. The topological polar surface area (TPSA) is 53.8 Å². The Kier molecular flexibility index (Phi) is 6.09. The Morgan fingerprint density at radius 1 is 1.23 bits per heavy atom. The van der Waals surface area contributed by atoms with E-state index in [0.29, 0.717) is 19.4 Å². The van der Waals surface area contributed by atoms with Crippen molar-refractivity contribution in [1.29, 1.82) is 0 Å². The van der Waals surface area contributed by atoms with Gasteiger partial charge in [0.25, 0.3) is 0 Å². The van der Waals surface area contributed by atoms with Gasteiger partial charge < -0.3 is 14.6 Å². The van der Waals surface area contributed by atoms with Crippen molar-refractivity contribution in [3.63, 3.8) is 0 Å². The van der Waals surface area contributed by atoms with E-state index in [4.69, 9.17) is 0 Å². The average Bonchev–Trinajstić information content (AvgIpc) is 2.94. The van der Waals surface area contributed by atoms with Crippen LogP contribution >= 0.6 is 0 Å². The zero-order valence-electron chi connectivity index (χ0n) is 15.9. The highest BCUT2D eigenvalue weighted by molar-refractivity contribution is 5.99. The van der Waals surface area contributed by atoms with Crippen molar-refractivity contribution in [2.45, 2.75) is 44.9 Å². The third-order valence-corrected chi connectivity index (χ3v) is 5.11. The summed E-state index contributed by atoms with van der Waals surface area (Å²) in [4.78, 5) is 26.6. The van der Waals surface area contributed by atoms with Crippen molar-refractivity contribution >= 4 is 17.2 Å². The summed E-state index contributed by atoms with van der Waals surface area (Å²) in [6, 6.07) is 6.05. The predicted octanol–water partition coefficient (Wildman–Crippen LogP) is 2.85. The molecule has 0 aliphatic heterocycles. The van der Waals surface area contributed by atoms with Crippen molar-refractivity contribution in [3.05, 3.63) is 41.2 Å². The highest BCUT2D eigenvalue weighted by Gasteiger charge is 2.25. The van der Waals surface area contributed by atoms with Gasteiger partial charge in [-0.1, -0.05) is 6.07 Å². The standard InChI is InChI=1S/C21H29N3O2/c1-23(2)14-5-4-11-20(26)22-13-12-16-17-8-7-10-19(25)21(17)24-15-6-3-9-18(16)24/h3,6,9,15H,4-5,7-8,10-14H2,1-2H3,(H,22,26). The van der Waals surface area contributed by atoms with E-state index in [1.54, 1.807) is 0 Å². The van der Waals surface area contributed by atoms with Crippen molar-refractivity contribution in [2.24, 2.45) is 0 Å². The summed E-state index contributed by atoms with van der Waals surface area (Å²) in [5.74, 6) is 0.362. The summed E-state index contributed by atoms with van der Waals surface area (Å²) in [6.07, 6.45) is 7.82. The van der Waals surface area contributed by atoms with Crippen LogP contribution in [0.3, 0.4) is 0 Å². The molecule has 140 valence electrons. The SMILES string of the molecule is CN(C)CCCCC(=O)NCCc1c2c(n3ccccc13)C(=O)CCC2. The third-order valence-electron chi connectivity index (χ3n) is 5.11. The van der Waals surface area contributed by atoms with Gasteiger partial charge in [0.1, 0.15) is 0 Å². The Bertz CT molecular complexity index is 792. The monoisotopic (exact) mass is 355 g/mol. The number of hydrogen-bond donors (Lipinski definition) is 1. The number of unbranched alkanes of at least 4 members (excludes halogenated alkanes) is 1. The fourth-order valence-corrected chi connectivity index (χ4v) is 3.85. The summed E-state index contributed by atoms with van der Waals surface area (Å²) < 4.78 is 2.04. The van der Waals surface area contributed by atoms with Gasteiger partial charge in [-0.05, 0) is 76.0 Å². The molecule has 1 aliphatic carbocycles. The lowest BCUT2D eigenvalue weighted by Gasteiger charge is -2.13. The largest absolute Gasteiger partial charge is 0.356 e. The zero-order valence-corrected chi connectivity index (χ0v) is 15.9. The minimum absolute atomic E-state index is 0.122. The number of carbonyl (C=O) groups is 2. The van der Waals surface area contributed by atoms with Gasteiger partial charge in [-0.25, -0.2) is 0 Å². The molecular formula is C21H29N3O2. The van der Waals surface area contributed by atoms with E-state index in [-0.39, 0.29) is 11.7 Å². The molecule has 1 aliphatic rings. The molecule has 0 radical (unpaired) electrons. The minimum atomic E-state index is 0.122. The van der Waals surface area contributed by atoms with Crippen LogP contribution in [0.1, 0.15) is 53.7 Å². The summed E-state index contributed by atoms with van der Waals surface area (Å²) in [5, 5.41) is 3.05. The molecule has 1 N–H and O–H groups in total. The molecule has 0 fully saturated rings. The van der Waals surface area contributed by atoms with Crippen LogP contribution in [0, 0.1) is 0 Å². The second-order valence-electron chi connectivity index (χ2n) is 7.40. The van der Waals surface area contributed by atoms with E-state index in [2.05, 4.69) is 16.3 Å². The summed E-state index contributed by atoms with van der Waals surface area (Å²) >= 11 is 0. The van der Waals surface area contributed by atoms with E-state index in [9.17, 15) is 9.59 Å². The lowest BCUT2D eigenvalue weighted by atomic mass is 9.92. The Labute approximate surface area is 155 Å². The Morgan fingerprint density at radius 3 is 2.88 bits per heavy atom. The molecule has 0 saturated carbocycles. The van der Waals surface area contributed by atoms with Gasteiger partial charge in [-0.3, -0.25) is 9.59 Å². The Hall–Kier alpha value is -2.14. The molecule has 0 unspecified atom stereocenters. The second-order valence-corrected chi connectivity index (χ2v) is 7.40. The van der Waals surface area contributed by atoms with Crippen molar-refractivity contribution in [3.8, 4) is 0 Å². The quantitative estimate of drug-likeness (QED) is 0.741. The first-order valence-electron chi connectivity index (χ1n) is 9.63. The Balaban J connectivity index is 1.61. The number of aromatic nitrogens is 1. The lowest BCUT2D eigenvalue weighted by molar-refractivity contribution is -0.121. The van der Waals surface area contributed by atoms with Crippen molar-refractivity contribution < 1.29 is 9.59 Å². The first-order chi connectivity index (χ1) is 12.6. The minimum Gasteiger partial charge on any atom is -0.356 e. The number of fused-ring (bicyclic) bond motifs is 3. The van der Waals surface area contributed by atoms with Gasteiger partial charge >= 0.3 is 0 Å². The van der Waals surface area contributed by atoms with Gasteiger partial charge in [0, 0.05) is 31.1 Å². The molecule has 0 atom stereocenters. The average molecular weight is 355 g/mol. The van der Waals surface area contributed by atoms with Gasteiger partial charge in [-0.2, -0.15) is 0 Å². The summed E-state index contributed by atoms with van der Waals surface area (Å²) in [7, 11) is 4.10. The van der Waals surface area contributed by atoms with Crippen LogP contribution in [-0.4, -0.2) is 48.2 Å². The maximum Gasteiger partial charge on any atom is 0.220 e. The predicted molar refractivity (Wildman–Crippen MR) is 104 cm³/mol. The molecule has 5 nitrogen and oxygen atoms in total. The smallest absolute Gasteiger partial charge is 0.220 e. The first kappa shape index (κ1) is 18.6. The van der Waals surface area contributed by atoms with Crippen LogP contribution in [-0.2, 0) is 17.6 Å². The molecule has 5 heteroatoms. The molecule has 0 saturated heterocycles. The van der Waals surface area contributed by atoms with Gasteiger partial charge in [0.05, 0.1) is 5.69 Å². The maximum atomic E-state index is 12.4. The van der Waals surface area contributed by atoms with Crippen LogP contribution in [0.2, 0.25) is 0 Å². The van der Waals surface area contributed by atoms with E-state index < -0.39 is 0 Å². The van der Waals surface area contributed by atoms with Crippen molar-refractivity contribution in [2.75, 3.05) is 27.2 Å².